The molecular weight excluding hydrogens is 112 g/mol. The minimum absolute atomic E-state index is 0.442. The van der Waals surface area contributed by atoms with E-state index in [1.807, 2.05) is 0 Å². The van der Waals surface area contributed by atoms with E-state index in [0.29, 0.717) is 5.25 Å². The summed E-state index contributed by atoms with van der Waals surface area (Å²) in [5, 5.41) is 7.80. The Morgan fingerprint density at radius 2 is 2.29 bits per heavy atom. The summed E-state index contributed by atoms with van der Waals surface area (Å²) in [5.74, 6) is 0. The molecule has 40 valence electrons. The number of carbonyl (C=O) groups is 1. The van der Waals surface area contributed by atoms with E-state index in [1.54, 1.807) is 0 Å². The number of hydrogen-bond acceptors (Lipinski definition) is 2. The monoisotopic (exact) mass is 118 g/mol. The third kappa shape index (κ3) is 1.83. The van der Waals surface area contributed by atoms with Gasteiger partial charge in [-0.2, -0.15) is 0 Å². The topological polar surface area (TPSA) is 37.3 Å². The molecule has 0 radical (unpaired) electrons. The van der Waals surface area contributed by atoms with Gasteiger partial charge >= 0.3 is 5.30 Å². The number of rotatable bonds is 1. The standard InChI is InChI=1S/C4H6O2S/c5-4(6)7-3-1-2-3/h3H,1-2H2,(H,5,6). The molecule has 1 saturated carbocycles. The van der Waals surface area contributed by atoms with Crippen LogP contribution < -0.4 is 0 Å². The molecule has 1 rings (SSSR count). The molecule has 0 spiro atoms. The van der Waals surface area contributed by atoms with Crippen LogP contribution in [0.15, 0.2) is 0 Å². The summed E-state index contributed by atoms with van der Waals surface area (Å²) in [4.78, 5) is 9.81. The summed E-state index contributed by atoms with van der Waals surface area (Å²) in [6.45, 7) is 0. The molecule has 0 aromatic heterocycles. The maximum absolute atomic E-state index is 9.81. The Morgan fingerprint density at radius 3 is 2.43 bits per heavy atom. The highest BCUT2D eigenvalue weighted by atomic mass is 32.2. The van der Waals surface area contributed by atoms with E-state index in [-0.39, 0.29) is 0 Å². The Kier molecular flexibility index (Phi) is 1.23. The fraction of sp³-hybridized carbons (Fsp3) is 0.750. The van der Waals surface area contributed by atoms with Crippen molar-refractivity contribution in [3.05, 3.63) is 0 Å². The minimum Gasteiger partial charge on any atom is -0.473 e. The fourth-order valence-corrected chi connectivity index (χ4v) is 0.985. The molecule has 7 heavy (non-hydrogen) atoms. The smallest absolute Gasteiger partial charge is 0.365 e. The highest BCUT2D eigenvalue weighted by Gasteiger charge is 2.24. The van der Waals surface area contributed by atoms with Gasteiger partial charge in [-0.3, -0.25) is 0 Å². The number of hydrogen-bond donors (Lipinski definition) is 1. The molecule has 3 heteroatoms. The van der Waals surface area contributed by atoms with Gasteiger partial charge in [-0.15, -0.1) is 0 Å². The quantitative estimate of drug-likeness (QED) is 0.567. The summed E-state index contributed by atoms with van der Waals surface area (Å²) in [6.07, 6.45) is 2.19. The zero-order chi connectivity index (χ0) is 5.28. The Bertz CT molecular complexity index is 87.7. The third-order valence-electron chi connectivity index (χ3n) is 0.792. The number of thioether (sulfide) groups is 1. The van der Waals surface area contributed by atoms with Crippen LogP contribution >= 0.6 is 11.8 Å². The molecule has 0 atom stereocenters. The highest BCUT2D eigenvalue weighted by molar-refractivity contribution is 8.13. The van der Waals surface area contributed by atoms with Crippen LogP contribution in [-0.4, -0.2) is 15.7 Å². The van der Waals surface area contributed by atoms with E-state index in [1.165, 1.54) is 0 Å². The van der Waals surface area contributed by atoms with Gasteiger partial charge in [-0.1, -0.05) is 0 Å². The predicted octanol–water partition coefficient (Wildman–Crippen LogP) is 1.56. The normalized spacial score (nSPS) is 19.4. The van der Waals surface area contributed by atoms with Gasteiger partial charge in [0, 0.05) is 5.25 Å². The molecule has 2 nitrogen and oxygen atoms in total. The van der Waals surface area contributed by atoms with Crippen molar-refractivity contribution < 1.29 is 9.90 Å². The largest absolute Gasteiger partial charge is 0.473 e. The van der Waals surface area contributed by atoms with E-state index in [0.717, 1.165) is 24.6 Å². The van der Waals surface area contributed by atoms with Crippen molar-refractivity contribution in [2.24, 2.45) is 0 Å². The summed E-state index contributed by atoms with van der Waals surface area (Å²) in [5.41, 5.74) is 0. The van der Waals surface area contributed by atoms with Gasteiger partial charge in [0.2, 0.25) is 0 Å². The van der Waals surface area contributed by atoms with E-state index in [4.69, 9.17) is 5.11 Å². The van der Waals surface area contributed by atoms with Crippen molar-refractivity contribution >= 4 is 17.1 Å². The maximum Gasteiger partial charge on any atom is 0.365 e. The van der Waals surface area contributed by atoms with Crippen LogP contribution in [0.2, 0.25) is 0 Å². The lowest BCUT2D eigenvalue weighted by atomic mass is 11.0. The lowest BCUT2D eigenvalue weighted by Gasteiger charge is -1.82. The van der Waals surface area contributed by atoms with Crippen molar-refractivity contribution in [3.8, 4) is 0 Å². The van der Waals surface area contributed by atoms with Gasteiger partial charge in [0.1, 0.15) is 0 Å². The summed E-state index contributed by atoms with van der Waals surface area (Å²) in [6, 6.07) is 0. The average molecular weight is 118 g/mol. The van der Waals surface area contributed by atoms with E-state index in [9.17, 15) is 4.79 Å². The van der Waals surface area contributed by atoms with Gasteiger partial charge < -0.3 is 5.11 Å². The van der Waals surface area contributed by atoms with Crippen LogP contribution in [0, 0.1) is 0 Å². The molecule has 1 fully saturated rings. The van der Waals surface area contributed by atoms with Crippen LogP contribution in [0.1, 0.15) is 12.8 Å². The first kappa shape index (κ1) is 4.97. The van der Waals surface area contributed by atoms with Gasteiger partial charge in [-0.05, 0) is 24.6 Å². The van der Waals surface area contributed by atoms with Crippen molar-refractivity contribution in [1.82, 2.24) is 0 Å². The fourth-order valence-electron chi connectivity index (χ4n) is 0.328. The van der Waals surface area contributed by atoms with Crippen LogP contribution in [0.25, 0.3) is 0 Å². The first-order chi connectivity index (χ1) is 3.29. The molecule has 1 aliphatic rings. The Morgan fingerprint density at radius 1 is 1.71 bits per heavy atom. The molecule has 0 unspecified atom stereocenters. The lowest BCUT2D eigenvalue weighted by molar-refractivity contribution is 0.222. The van der Waals surface area contributed by atoms with Crippen molar-refractivity contribution in [2.45, 2.75) is 18.1 Å². The first-order valence-corrected chi connectivity index (χ1v) is 3.06. The van der Waals surface area contributed by atoms with E-state index < -0.39 is 5.30 Å². The van der Waals surface area contributed by atoms with Gasteiger partial charge in [0.15, 0.2) is 0 Å². The molecule has 1 N–H and O–H groups in total. The average Bonchev–Trinajstić information content (AvgIpc) is 2.17. The van der Waals surface area contributed by atoms with Crippen LogP contribution in [-0.2, 0) is 0 Å². The van der Waals surface area contributed by atoms with Crippen LogP contribution in [0.4, 0.5) is 4.79 Å². The zero-order valence-electron chi connectivity index (χ0n) is 3.76. The van der Waals surface area contributed by atoms with E-state index >= 15 is 0 Å². The van der Waals surface area contributed by atoms with Crippen LogP contribution in [0.5, 0.6) is 0 Å². The van der Waals surface area contributed by atoms with E-state index in [2.05, 4.69) is 0 Å². The molecule has 0 heterocycles. The lowest BCUT2D eigenvalue weighted by Crippen LogP contribution is -1.83. The molecule has 0 aromatic rings. The van der Waals surface area contributed by atoms with Crippen LogP contribution in [0.3, 0.4) is 0 Å². The second-order valence-electron chi connectivity index (χ2n) is 1.58. The number of carboxylic acid groups (broad SMARTS) is 1. The van der Waals surface area contributed by atoms with Crippen molar-refractivity contribution in [1.29, 1.82) is 0 Å². The molecule has 1 aliphatic carbocycles. The second-order valence-corrected chi connectivity index (χ2v) is 2.83. The van der Waals surface area contributed by atoms with Crippen molar-refractivity contribution in [3.63, 3.8) is 0 Å². The first-order valence-electron chi connectivity index (χ1n) is 2.18. The molecule has 0 aliphatic heterocycles. The van der Waals surface area contributed by atoms with Gasteiger partial charge in [0.05, 0.1) is 0 Å². The molecule has 0 amide bonds. The Labute approximate surface area is 45.9 Å². The third-order valence-corrected chi connectivity index (χ3v) is 1.80. The second kappa shape index (κ2) is 1.74. The Balaban J connectivity index is 2.08. The van der Waals surface area contributed by atoms with Crippen molar-refractivity contribution in [2.75, 3.05) is 0 Å². The zero-order valence-corrected chi connectivity index (χ0v) is 4.57. The summed E-state index contributed by atoms with van der Waals surface area (Å²) in [7, 11) is 0. The predicted molar refractivity (Wildman–Crippen MR) is 28.6 cm³/mol. The molecule has 0 saturated heterocycles. The SMILES string of the molecule is O=C(O)SC1CC1. The van der Waals surface area contributed by atoms with Gasteiger partial charge in [-0.25, -0.2) is 4.79 Å². The highest BCUT2D eigenvalue weighted by Crippen LogP contribution is 2.33. The van der Waals surface area contributed by atoms with Gasteiger partial charge in [0.25, 0.3) is 0 Å². The minimum atomic E-state index is -0.734. The summed E-state index contributed by atoms with van der Waals surface area (Å²) >= 11 is 1.04. The molecule has 0 aromatic carbocycles. The summed E-state index contributed by atoms with van der Waals surface area (Å²) < 4.78 is 0. The molecule has 0 bridgehead atoms. The maximum atomic E-state index is 9.81. The molecular formula is C4H6O2S. The Hall–Kier alpha value is -0.180.